The maximum absolute atomic E-state index is 6.13. The molecule has 0 bridgehead atoms. The van der Waals surface area contributed by atoms with Gasteiger partial charge in [0.15, 0.2) is 0 Å². The van der Waals surface area contributed by atoms with Gasteiger partial charge in [-0.2, -0.15) is 0 Å². The summed E-state index contributed by atoms with van der Waals surface area (Å²) in [7, 11) is 1.68. The molecule has 0 aliphatic rings. The molecule has 102 valence electrons. The second-order valence-corrected chi connectivity index (χ2v) is 5.29. The predicted molar refractivity (Wildman–Crippen MR) is 76.1 cm³/mol. The molecular formula is C15H21N3O. The molecule has 0 aliphatic heterocycles. The highest BCUT2D eigenvalue weighted by Crippen LogP contribution is 2.17. The monoisotopic (exact) mass is 259 g/mol. The fourth-order valence-electron chi connectivity index (χ4n) is 2.08. The number of rotatable bonds is 5. The summed E-state index contributed by atoms with van der Waals surface area (Å²) in [4.78, 5) is 4.19. The predicted octanol–water partition coefficient (Wildman–Crippen LogP) is 2.33. The van der Waals surface area contributed by atoms with E-state index < -0.39 is 0 Å². The Bertz CT molecular complexity index is 523. The maximum atomic E-state index is 6.13. The van der Waals surface area contributed by atoms with Gasteiger partial charge in [0, 0.05) is 12.7 Å². The van der Waals surface area contributed by atoms with E-state index >= 15 is 0 Å². The first-order chi connectivity index (χ1) is 9.00. The average Bonchev–Trinajstić information content (AvgIpc) is 2.85. The molecule has 2 rings (SSSR count). The van der Waals surface area contributed by atoms with Crippen molar-refractivity contribution in [2.75, 3.05) is 7.11 Å². The first-order valence-corrected chi connectivity index (χ1v) is 6.43. The molecule has 2 aromatic rings. The minimum Gasteiger partial charge on any atom is -0.497 e. The molecule has 19 heavy (non-hydrogen) atoms. The molecule has 0 aliphatic carbocycles. The van der Waals surface area contributed by atoms with Crippen molar-refractivity contribution in [2.24, 2.45) is 5.73 Å². The first kappa shape index (κ1) is 13.6. The molecule has 4 nitrogen and oxygen atoms in total. The quantitative estimate of drug-likeness (QED) is 0.896. The van der Waals surface area contributed by atoms with E-state index in [-0.39, 0.29) is 5.54 Å². The van der Waals surface area contributed by atoms with Crippen molar-refractivity contribution in [1.82, 2.24) is 9.55 Å². The summed E-state index contributed by atoms with van der Waals surface area (Å²) >= 11 is 0. The van der Waals surface area contributed by atoms with Crippen LogP contribution in [0, 0.1) is 0 Å². The number of aromatic nitrogens is 2. The molecule has 0 unspecified atom stereocenters. The lowest BCUT2D eigenvalue weighted by atomic mass is 10.0. The number of methoxy groups -OCH3 is 1. The van der Waals surface area contributed by atoms with Crippen LogP contribution in [0.4, 0.5) is 0 Å². The number of imidazole rings is 1. The molecule has 4 heteroatoms. The van der Waals surface area contributed by atoms with E-state index in [9.17, 15) is 0 Å². The first-order valence-electron chi connectivity index (χ1n) is 6.43. The Balaban J connectivity index is 2.04. The zero-order valence-electron chi connectivity index (χ0n) is 11.8. The number of hydrogen-bond donors (Lipinski definition) is 1. The SMILES string of the molecule is COc1ccc(CCn2cncc2C(C)(C)N)cc1. The van der Waals surface area contributed by atoms with E-state index in [4.69, 9.17) is 10.5 Å². The zero-order valence-corrected chi connectivity index (χ0v) is 11.8. The van der Waals surface area contributed by atoms with Crippen LogP contribution in [0.5, 0.6) is 5.75 Å². The molecule has 0 saturated heterocycles. The fraction of sp³-hybridized carbons (Fsp3) is 0.400. The third kappa shape index (κ3) is 3.35. The lowest BCUT2D eigenvalue weighted by Gasteiger charge is -2.20. The second-order valence-electron chi connectivity index (χ2n) is 5.29. The van der Waals surface area contributed by atoms with Gasteiger partial charge in [-0.05, 0) is 38.0 Å². The number of hydrogen-bond acceptors (Lipinski definition) is 3. The minimum atomic E-state index is -0.365. The highest BCUT2D eigenvalue weighted by Gasteiger charge is 2.18. The average molecular weight is 259 g/mol. The van der Waals surface area contributed by atoms with Gasteiger partial charge >= 0.3 is 0 Å². The fourth-order valence-corrected chi connectivity index (χ4v) is 2.08. The van der Waals surface area contributed by atoms with Crippen molar-refractivity contribution >= 4 is 0 Å². The number of benzene rings is 1. The molecular weight excluding hydrogens is 238 g/mol. The molecule has 2 N–H and O–H groups in total. The Morgan fingerprint density at radius 3 is 2.53 bits per heavy atom. The zero-order chi connectivity index (χ0) is 13.9. The van der Waals surface area contributed by atoms with Crippen molar-refractivity contribution < 1.29 is 4.74 Å². The van der Waals surface area contributed by atoms with Crippen LogP contribution in [-0.2, 0) is 18.5 Å². The van der Waals surface area contributed by atoms with Crippen LogP contribution in [0.3, 0.4) is 0 Å². The lowest BCUT2D eigenvalue weighted by Crippen LogP contribution is -2.31. The van der Waals surface area contributed by atoms with E-state index in [0.717, 1.165) is 24.4 Å². The third-order valence-electron chi connectivity index (χ3n) is 3.17. The third-order valence-corrected chi connectivity index (χ3v) is 3.17. The molecule has 1 heterocycles. The van der Waals surface area contributed by atoms with Crippen LogP contribution < -0.4 is 10.5 Å². The summed E-state index contributed by atoms with van der Waals surface area (Å²) in [6.07, 6.45) is 4.63. The van der Waals surface area contributed by atoms with Crippen molar-refractivity contribution in [1.29, 1.82) is 0 Å². The van der Waals surface area contributed by atoms with Gasteiger partial charge in [-0.1, -0.05) is 12.1 Å². The lowest BCUT2D eigenvalue weighted by molar-refractivity contribution is 0.414. The van der Waals surface area contributed by atoms with Crippen molar-refractivity contribution in [2.45, 2.75) is 32.4 Å². The molecule has 1 aromatic carbocycles. The Morgan fingerprint density at radius 2 is 1.95 bits per heavy atom. The second kappa shape index (κ2) is 5.45. The molecule has 0 spiro atoms. The van der Waals surface area contributed by atoms with Gasteiger partial charge < -0.3 is 15.0 Å². The van der Waals surface area contributed by atoms with Gasteiger partial charge in [-0.15, -0.1) is 0 Å². The van der Waals surface area contributed by atoms with Gasteiger partial charge in [0.2, 0.25) is 0 Å². The number of nitrogens with two attached hydrogens (primary N) is 1. The summed E-state index contributed by atoms with van der Waals surface area (Å²) in [5.41, 5.74) is 8.10. The van der Waals surface area contributed by atoms with Crippen molar-refractivity contribution in [3.05, 3.63) is 48.0 Å². The summed E-state index contributed by atoms with van der Waals surface area (Å²) in [6.45, 7) is 4.87. The highest BCUT2D eigenvalue weighted by molar-refractivity contribution is 5.27. The van der Waals surface area contributed by atoms with Crippen molar-refractivity contribution in [3.63, 3.8) is 0 Å². The van der Waals surface area contributed by atoms with E-state index in [2.05, 4.69) is 21.7 Å². The summed E-state index contributed by atoms with van der Waals surface area (Å²) in [5, 5.41) is 0. The van der Waals surface area contributed by atoms with Gasteiger partial charge in [0.05, 0.1) is 24.7 Å². The van der Waals surface area contributed by atoms with Crippen LogP contribution >= 0.6 is 0 Å². The summed E-state index contributed by atoms with van der Waals surface area (Å²) in [6, 6.07) is 8.14. The van der Waals surface area contributed by atoms with E-state index in [1.165, 1.54) is 5.56 Å². The molecule has 0 saturated carbocycles. The maximum Gasteiger partial charge on any atom is 0.118 e. The van der Waals surface area contributed by atoms with Crippen LogP contribution in [0.2, 0.25) is 0 Å². The van der Waals surface area contributed by atoms with Crippen LogP contribution in [0.25, 0.3) is 0 Å². The normalized spacial score (nSPS) is 11.6. The Morgan fingerprint density at radius 1 is 1.26 bits per heavy atom. The van der Waals surface area contributed by atoms with Crippen LogP contribution in [0.1, 0.15) is 25.1 Å². The highest BCUT2D eigenvalue weighted by atomic mass is 16.5. The Kier molecular flexibility index (Phi) is 3.90. The molecule has 0 atom stereocenters. The molecule has 0 radical (unpaired) electrons. The minimum absolute atomic E-state index is 0.365. The van der Waals surface area contributed by atoms with Crippen molar-refractivity contribution in [3.8, 4) is 5.75 Å². The standard InChI is InChI=1S/C15H21N3O/c1-15(2,16)14-10-17-11-18(14)9-8-12-4-6-13(19-3)7-5-12/h4-7,10-11H,8-9,16H2,1-3H3. The molecule has 0 fully saturated rings. The van der Waals surface area contributed by atoms with Crippen LogP contribution in [-0.4, -0.2) is 16.7 Å². The Hall–Kier alpha value is -1.81. The van der Waals surface area contributed by atoms with Gasteiger partial charge in [0.1, 0.15) is 5.75 Å². The van der Waals surface area contributed by atoms with E-state index in [1.54, 1.807) is 7.11 Å². The van der Waals surface area contributed by atoms with E-state index in [1.807, 2.05) is 38.5 Å². The van der Waals surface area contributed by atoms with E-state index in [0.29, 0.717) is 0 Å². The summed E-state index contributed by atoms with van der Waals surface area (Å²) in [5.74, 6) is 0.884. The topological polar surface area (TPSA) is 53.1 Å². The largest absolute Gasteiger partial charge is 0.497 e. The molecule has 1 aromatic heterocycles. The smallest absolute Gasteiger partial charge is 0.118 e. The molecule has 0 amide bonds. The summed E-state index contributed by atoms with van der Waals surface area (Å²) < 4.78 is 7.27. The van der Waals surface area contributed by atoms with Gasteiger partial charge in [-0.3, -0.25) is 0 Å². The number of nitrogens with zero attached hydrogens (tertiary/aromatic N) is 2. The number of aryl methyl sites for hydroxylation is 2. The number of ether oxygens (including phenoxy) is 1. The Labute approximate surface area is 114 Å². The van der Waals surface area contributed by atoms with Gasteiger partial charge in [0.25, 0.3) is 0 Å². The van der Waals surface area contributed by atoms with Crippen LogP contribution in [0.15, 0.2) is 36.8 Å². The van der Waals surface area contributed by atoms with Gasteiger partial charge in [-0.25, -0.2) is 4.98 Å².